The van der Waals surface area contributed by atoms with Crippen molar-refractivity contribution < 1.29 is 29.0 Å². The van der Waals surface area contributed by atoms with Gasteiger partial charge in [-0.05, 0) is 55.7 Å². The molecule has 198 valence electrons. The van der Waals surface area contributed by atoms with E-state index in [9.17, 15) is 19.5 Å². The van der Waals surface area contributed by atoms with E-state index in [1.54, 1.807) is 0 Å². The Morgan fingerprint density at radius 1 is 0.946 bits per heavy atom. The van der Waals surface area contributed by atoms with Crippen molar-refractivity contribution in [1.29, 1.82) is 0 Å². The van der Waals surface area contributed by atoms with Crippen LogP contribution in [-0.4, -0.2) is 59.7 Å². The molecule has 0 aromatic heterocycles. The molecule has 2 aromatic rings. The number of carbonyl (C=O) groups excluding carboxylic acids is 2. The van der Waals surface area contributed by atoms with Gasteiger partial charge < -0.3 is 20.3 Å². The average Bonchev–Trinajstić information content (AvgIpc) is 2.88. The maximum Gasteiger partial charge on any atom is 0.327 e. The minimum atomic E-state index is -1.17. The van der Waals surface area contributed by atoms with Gasteiger partial charge in [0.1, 0.15) is 11.3 Å². The van der Waals surface area contributed by atoms with Crippen molar-refractivity contribution in [2.24, 2.45) is 17.6 Å². The predicted molar refractivity (Wildman–Crippen MR) is 138 cm³/mol. The summed E-state index contributed by atoms with van der Waals surface area (Å²) < 4.78 is 11.6. The van der Waals surface area contributed by atoms with Gasteiger partial charge in [-0.2, -0.15) is 0 Å². The normalized spacial score (nSPS) is 22.1. The Kier molecular flexibility index (Phi) is 8.82. The summed E-state index contributed by atoms with van der Waals surface area (Å²) in [7, 11) is 0. The number of rotatable bonds is 12. The van der Waals surface area contributed by atoms with E-state index in [0.29, 0.717) is 51.8 Å². The number of hydrogen-bond donors (Lipinski definition) is 2. The molecule has 3 N–H and O–H groups in total. The van der Waals surface area contributed by atoms with Gasteiger partial charge in [-0.1, -0.05) is 48.5 Å². The highest BCUT2D eigenvalue weighted by atomic mass is 16.5. The highest BCUT2D eigenvalue weighted by molar-refractivity contribution is 5.90. The fraction of sp³-hybridized carbons (Fsp3) is 0.483. The third kappa shape index (κ3) is 6.13. The molecule has 2 unspecified atom stereocenters. The largest absolute Gasteiger partial charge is 0.493 e. The molecular weight excluding hydrogens is 472 g/mol. The van der Waals surface area contributed by atoms with Gasteiger partial charge in [0.25, 0.3) is 0 Å². The van der Waals surface area contributed by atoms with Crippen LogP contribution in [0.4, 0.5) is 0 Å². The molecule has 37 heavy (non-hydrogen) atoms. The smallest absolute Gasteiger partial charge is 0.327 e. The van der Waals surface area contributed by atoms with Crippen LogP contribution in [0.1, 0.15) is 43.2 Å². The number of nitrogens with zero attached hydrogens (tertiary/aromatic N) is 1. The van der Waals surface area contributed by atoms with Crippen molar-refractivity contribution in [2.75, 3.05) is 26.3 Å². The van der Waals surface area contributed by atoms with Gasteiger partial charge in [0.05, 0.1) is 19.1 Å². The van der Waals surface area contributed by atoms with Crippen LogP contribution in [0.5, 0.6) is 5.75 Å². The lowest BCUT2D eigenvalue weighted by molar-refractivity contribution is -0.185. The fourth-order valence-electron chi connectivity index (χ4n) is 5.51. The van der Waals surface area contributed by atoms with Crippen LogP contribution >= 0.6 is 0 Å². The monoisotopic (exact) mass is 508 g/mol. The molecule has 1 heterocycles. The third-order valence-corrected chi connectivity index (χ3v) is 7.78. The minimum Gasteiger partial charge on any atom is -0.493 e. The summed E-state index contributed by atoms with van der Waals surface area (Å²) >= 11 is 0. The van der Waals surface area contributed by atoms with E-state index >= 15 is 0 Å². The summed E-state index contributed by atoms with van der Waals surface area (Å²) in [4.78, 5) is 38.6. The van der Waals surface area contributed by atoms with Crippen LogP contribution in [-0.2, 0) is 32.0 Å². The number of benzene rings is 2. The Morgan fingerprint density at radius 2 is 1.65 bits per heavy atom. The first-order chi connectivity index (χ1) is 17.9. The molecule has 0 bridgehead atoms. The van der Waals surface area contributed by atoms with Crippen LogP contribution in [0.3, 0.4) is 0 Å². The highest BCUT2D eigenvalue weighted by Crippen LogP contribution is 2.46. The van der Waals surface area contributed by atoms with E-state index in [4.69, 9.17) is 15.2 Å². The molecule has 2 fully saturated rings. The number of nitrogens with two attached hydrogens (primary N) is 1. The number of carboxylic acids is 1. The quantitative estimate of drug-likeness (QED) is 0.334. The van der Waals surface area contributed by atoms with E-state index in [1.165, 1.54) is 5.56 Å². The number of carbonyl (C=O) groups is 3. The van der Waals surface area contributed by atoms with Crippen LogP contribution in [0.15, 0.2) is 54.6 Å². The molecule has 0 spiro atoms. The molecule has 8 nitrogen and oxygen atoms in total. The second kappa shape index (κ2) is 12.2. The lowest BCUT2D eigenvalue weighted by atomic mass is 9.64. The van der Waals surface area contributed by atoms with E-state index in [0.717, 1.165) is 24.2 Å². The molecular formula is C29H36N2O6. The summed E-state index contributed by atoms with van der Waals surface area (Å²) in [5.41, 5.74) is 6.67. The van der Waals surface area contributed by atoms with Crippen LogP contribution in [0.25, 0.3) is 0 Å². The lowest BCUT2D eigenvalue weighted by Crippen LogP contribution is -2.68. The summed E-state index contributed by atoms with van der Waals surface area (Å²) in [5.74, 6) is -2.05. The van der Waals surface area contributed by atoms with Gasteiger partial charge in [-0.15, -0.1) is 0 Å². The number of primary amides is 1. The summed E-state index contributed by atoms with van der Waals surface area (Å²) in [6.45, 7) is 1.44. The zero-order chi connectivity index (χ0) is 26.3. The maximum atomic E-state index is 13.2. The van der Waals surface area contributed by atoms with Gasteiger partial charge in [0, 0.05) is 25.4 Å². The Morgan fingerprint density at radius 3 is 2.30 bits per heavy atom. The number of para-hydroxylation sites is 1. The molecule has 8 heteroatoms. The van der Waals surface area contributed by atoms with Gasteiger partial charge in [-0.25, -0.2) is 0 Å². The number of aryl methyl sites for hydroxylation is 2. The van der Waals surface area contributed by atoms with Crippen molar-refractivity contribution in [3.8, 4) is 5.75 Å². The zero-order valence-electron chi connectivity index (χ0n) is 21.1. The fourth-order valence-corrected chi connectivity index (χ4v) is 5.51. The molecule has 2 atom stereocenters. The molecule has 1 aliphatic carbocycles. The van der Waals surface area contributed by atoms with Crippen molar-refractivity contribution in [1.82, 2.24) is 4.90 Å². The molecule has 2 aromatic carbocycles. The maximum absolute atomic E-state index is 13.2. The molecule has 1 aliphatic heterocycles. The average molecular weight is 509 g/mol. The number of ether oxygens (including phenoxy) is 2. The topological polar surface area (TPSA) is 119 Å². The zero-order valence-corrected chi connectivity index (χ0v) is 21.1. The Labute approximate surface area is 217 Å². The second-order valence-electron chi connectivity index (χ2n) is 9.95. The minimum absolute atomic E-state index is 0.150. The molecule has 0 radical (unpaired) electrons. The van der Waals surface area contributed by atoms with Crippen LogP contribution in [0, 0.1) is 11.8 Å². The SMILES string of the molecule is NC(=O)C1CCN(C2(C(=O)OCCCOc3ccccc3CCc3ccccc3)CCC2C(=O)O)CC1. The lowest BCUT2D eigenvalue weighted by Gasteiger charge is -2.53. The van der Waals surface area contributed by atoms with E-state index in [2.05, 4.69) is 18.2 Å². The molecule has 1 amide bonds. The van der Waals surface area contributed by atoms with Crippen LogP contribution < -0.4 is 10.5 Å². The number of aliphatic carboxylic acids is 1. The predicted octanol–water partition coefficient (Wildman–Crippen LogP) is 3.21. The van der Waals surface area contributed by atoms with Crippen molar-refractivity contribution in [3.05, 3.63) is 65.7 Å². The summed E-state index contributed by atoms with van der Waals surface area (Å²) in [6.07, 6.45) is 4.19. The van der Waals surface area contributed by atoms with Crippen molar-refractivity contribution in [2.45, 2.75) is 50.5 Å². The first kappa shape index (κ1) is 26.7. The number of esters is 1. The Bertz CT molecular complexity index is 1080. The highest BCUT2D eigenvalue weighted by Gasteiger charge is 2.61. The number of hydrogen-bond acceptors (Lipinski definition) is 6. The van der Waals surface area contributed by atoms with Crippen molar-refractivity contribution in [3.63, 3.8) is 0 Å². The van der Waals surface area contributed by atoms with Crippen LogP contribution in [0.2, 0.25) is 0 Å². The number of likely N-dealkylation sites (tertiary alicyclic amines) is 1. The first-order valence-electron chi connectivity index (χ1n) is 13.1. The summed E-state index contributed by atoms with van der Waals surface area (Å²) in [5, 5.41) is 9.74. The van der Waals surface area contributed by atoms with E-state index in [1.807, 2.05) is 41.3 Å². The van der Waals surface area contributed by atoms with Gasteiger partial charge >= 0.3 is 11.9 Å². The first-order valence-corrected chi connectivity index (χ1v) is 13.1. The Hall–Kier alpha value is -3.39. The number of piperidine rings is 1. The standard InChI is InChI=1S/C29H36N2O6/c30-26(32)23-14-17-31(18-15-23)29(16-13-24(29)27(33)34)28(35)37-20-6-19-36-25-10-5-4-9-22(25)12-11-21-7-2-1-3-8-21/h1-5,7-10,23-24H,6,11-20H2,(H2,30,32)(H,33,34). The molecule has 4 rings (SSSR count). The number of amides is 1. The summed E-state index contributed by atoms with van der Waals surface area (Å²) in [6, 6.07) is 18.3. The van der Waals surface area contributed by atoms with Crippen molar-refractivity contribution >= 4 is 17.8 Å². The van der Waals surface area contributed by atoms with Gasteiger partial charge in [0.2, 0.25) is 5.91 Å². The number of carboxylic acid groups (broad SMARTS) is 1. The second-order valence-corrected chi connectivity index (χ2v) is 9.95. The molecule has 2 aliphatic rings. The van der Waals surface area contributed by atoms with Gasteiger partial charge in [0.15, 0.2) is 0 Å². The third-order valence-electron chi connectivity index (χ3n) is 7.78. The molecule has 1 saturated heterocycles. The molecule has 1 saturated carbocycles. The van der Waals surface area contributed by atoms with E-state index < -0.39 is 23.4 Å². The van der Waals surface area contributed by atoms with Gasteiger partial charge in [-0.3, -0.25) is 19.3 Å². The Balaban J connectivity index is 1.28. The van der Waals surface area contributed by atoms with E-state index in [-0.39, 0.29) is 18.4 Å².